The average Bonchev–Trinajstić information content (AvgIpc) is 3.36. The Morgan fingerprint density at radius 1 is 1.14 bits per heavy atom. The van der Waals surface area contributed by atoms with E-state index >= 15 is 0 Å². The number of aromatic nitrogens is 4. The summed E-state index contributed by atoms with van der Waals surface area (Å²) < 4.78 is 14.6. The minimum absolute atomic E-state index is 0.0536. The molecule has 3 aromatic rings. The fraction of sp³-hybridized carbons (Fsp3) is 0.500. The molecule has 2 saturated heterocycles. The highest BCUT2D eigenvalue weighted by molar-refractivity contribution is 6.00. The highest BCUT2D eigenvalue weighted by Gasteiger charge is 2.49. The lowest BCUT2D eigenvalue weighted by atomic mass is 9.78. The molecule has 184 valence electrons. The summed E-state index contributed by atoms with van der Waals surface area (Å²) in [5.41, 5.74) is 8.51. The van der Waals surface area contributed by atoms with Crippen LogP contribution in [0.1, 0.15) is 46.4 Å². The standard InChI is InChI=1S/C24H29N7O4/c1-29-10-19(21(25)32)23(28-29)35-17-5-2-15(3-6-17)27-22(33)18-8-26-31-9-16(4-7-20(18)31)30-11-24(12-30)13-34-14-24/h4,7-10,15,17H,2-3,5-6,11-14H2,1H3,(H2,25,32)(H,27,33). The lowest BCUT2D eigenvalue weighted by Gasteiger charge is -2.55. The van der Waals surface area contributed by atoms with Gasteiger partial charge in [0.25, 0.3) is 11.8 Å². The molecule has 0 atom stereocenters. The second-order valence-corrected chi connectivity index (χ2v) is 10.1. The number of nitrogens with zero attached hydrogens (tertiary/aromatic N) is 5. The van der Waals surface area contributed by atoms with Crippen LogP contribution in [-0.2, 0) is 11.8 Å². The van der Waals surface area contributed by atoms with Crippen LogP contribution in [0.3, 0.4) is 0 Å². The van der Waals surface area contributed by atoms with Gasteiger partial charge in [-0.2, -0.15) is 5.10 Å². The molecule has 6 rings (SSSR count). The van der Waals surface area contributed by atoms with Crippen LogP contribution in [0.2, 0.25) is 0 Å². The van der Waals surface area contributed by atoms with E-state index in [9.17, 15) is 9.59 Å². The van der Waals surface area contributed by atoms with E-state index in [1.807, 2.05) is 12.3 Å². The number of aryl methyl sites for hydroxylation is 1. The summed E-state index contributed by atoms with van der Waals surface area (Å²) in [6.45, 7) is 3.71. The Labute approximate surface area is 202 Å². The molecular formula is C24H29N7O4. The summed E-state index contributed by atoms with van der Waals surface area (Å²) in [5.74, 6) is -0.406. The van der Waals surface area contributed by atoms with E-state index in [-0.39, 0.29) is 29.5 Å². The third-order valence-corrected chi connectivity index (χ3v) is 7.33. The number of amides is 2. The van der Waals surface area contributed by atoms with E-state index in [1.54, 1.807) is 24.0 Å². The Hall–Kier alpha value is -3.60. The summed E-state index contributed by atoms with van der Waals surface area (Å²) >= 11 is 0. The largest absolute Gasteiger partial charge is 0.473 e. The molecule has 5 heterocycles. The van der Waals surface area contributed by atoms with Crippen LogP contribution in [0, 0.1) is 5.41 Å². The fourth-order valence-electron chi connectivity index (χ4n) is 5.32. The smallest absolute Gasteiger partial charge is 0.255 e. The van der Waals surface area contributed by atoms with Gasteiger partial charge in [-0.15, -0.1) is 5.10 Å². The Morgan fingerprint density at radius 3 is 2.60 bits per heavy atom. The Bertz CT molecular complexity index is 1280. The predicted molar refractivity (Wildman–Crippen MR) is 127 cm³/mol. The first-order valence-corrected chi connectivity index (χ1v) is 12.0. The van der Waals surface area contributed by atoms with Crippen LogP contribution in [0.15, 0.2) is 30.7 Å². The molecule has 3 aliphatic rings. The highest BCUT2D eigenvalue weighted by Crippen LogP contribution is 2.40. The van der Waals surface area contributed by atoms with Crippen LogP contribution < -0.4 is 20.7 Å². The van der Waals surface area contributed by atoms with Gasteiger partial charge in [0.05, 0.1) is 47.8 Å². The van der Waals surface area contributed by atoms with Crippen molar-refractivity contribution in [3.05, 3.63) is 41.9 Å². The number of hydrogen-bond acceptors (Lipinski definition) is 7. The minimum Gasteiger partial charge on any atom is -0.473 e. The minimum atomic E-state index is -0.559. The summed E-state index contributed by atoms with van der Waals surface area (Å²) in [6.07, 6.45) is 8.16. The molecule has 2 amide bonds. The van der Waals surface area contributed by atoms with Gasteiger partial charge in [0.15, 0.2) is 0 Å². The SMILES string of the molecule is Cn1cc(C(N)=O)c(OC2CCC(NC(=O)c3cnn4cc(N5CC6(COC6)C5)ccc34)CC2)n1. The van der Waals surface area contributed by atoms with E-state index in [4.69, 9.17) is 15.2 Å². The van der Waals surface area contributed by atoms with E-state index in [0.717, 1.165) is 63.2 Å². The van der Waals surface area contributed by atoms with Crippen molar-refractivity contribution in [1.82, 2.24) is 24.7 Å². The molecule has 35 heavy (non-hydrogen) atoms. The molecule has 3 fully saturated rings. The second-order valence-electron chi connectivity index (χ2n) is 10.1. The molecule has 0 unspecified atom stereocenters. The van der Waals surface area contributed by atoms with E-state index in [1.165, 1.54) is 4.68 Å². The van der Waals surface area contributed by atoms with Gasteiger partial charge in [-0.3, -0.25) is 14.3 Å². The zero-order chi connectivity index (χ0) is 24.2. The average molecular weight is 480 g/mol. The van der Waals surface area contributed by atoms with Gasteiger partial charge in [0.2, 0.25) is 5.88 Å². The normalized spacial score (nSPS) is 23.1. The highest BCUT2D eigenvalue weighted by atomic mass is 16.5. The number of anilines is 1. The first-order chi connectivity index (χ1) is 16.9. The number of carbonyl (C=O) groups excluding carboxylic acids is 2. The van der Waals surface area contributed by atoms with Gasteiger partial charge >= 0.3 is 0 Å². The molecule has 3 N–H and O–H groups in total. The number of fused-ring (bicyclic) bond motifs is 1. The van der Waals surface area contributed by atoms with Crippen molar-refractivity contribution >= 4 is 23.0 Å². The fourth-order valence-corrected chi connectivity index (χ4v) is 5.32. The second kappa shape index (κ2) is 8.26. The summed E-state index contributed by atoms with van der Waals surface area (Å²) in [4.78, 5) is 26.9. The van der Waals surface area contributed by atoms with Crippen molar-refractivity contribution in [3.63, 3.8) is 0 Å². The van der Waals surface area contributed by atoms with Crippen molar-refractivity contribution < 1.29 is 19.1 Å². The number of rotatable bonds is 6. The van der Waals surface area contributed by atoms with Crippen molar-refractivity contribution in [1.29, 1.82) is 0 Å². The van der Waals surface area contributed by atoms with Crippen LogP contribution in [0.25, 0.3) is 5.52 Å². The number of nitrogens with one attached hydrogen (secondary N) is 1. The Kier molecular flexibility index (Phi) is 5.17. The van der Waals surface area contributed by atoms with Crippen molar-refractivity contribution in [2.45, 2.75) is 37.8 Å². The predicted octanol–water partition coefficient (Wildman–Crippen LogP) is 1.12. The maximum Gasteiger partial charge on any atom is 0.255 e. The van der Waals surface area contributed by atoms with Crippen molar-refractivity contribution in [2.24, 2.45) is 18.2 Å². The van der Waals surface area contributed by atoms with Crippen LogP contribution >= 0.6 is 0 Å². The molecular weight excluding hydrogens is 450 g/mol. The Balaban J connectivity index is 1.05. The molecule has 0 radical (unpaired) electrons. The first kappa shape index (κ1) is 21.9. The van der Waals surface area contributed by atoms with Crippen molar-refractivity contribution in [3.8, 4) is 5.88 Å². The number of hydrogen-bond donors (Lipinski definition) is 2. The van der Waals surface area contributed by atoms with Crippen LogP contribution in [0.5, 0.6) is 5.88 Å². The van der Waals surface area contributed by atoms with Crippen LogP contribution in [-0.4, -0.2) is 69.7 Å². The number of pyridine rings is 1. The quantitative estimate of drug-likeness (QED) is 0.542. The van der Waals surface area contributed by atoms with Crippen molar-refractivity contribution in [2.75, 3.05) is 31.2 Å². The molecule has 1 aliphatic carbocycles. The van der Waals surface area contributed by atoms with Crippen LogP contribution in [0.4, 0.5) is 5.69 Å². The number of primary amides is 1. The molecule has 3 aromatic heterocycles. The zero-order valence-electron chi connectivity index (χ0n) is 19.6. The summed E-state index contributed by atoms with van der Waals surface area (Å²) in [6, 6.07) is 4.08. The van der Waals surface area contributed by atoms with Gasteiger partial charge in [0, 0.05) is 32.4 Å². The van der Waals surface area contributed by atoms with Gasteiger partial charge < -0.3 is 25.4 Å². The Morgan fingerprint density at radius 2 is 1.91 bits per heavy atom. The number of carbonyl (C=O) groups is 2. The van der Waals surface area contributed by atoms with E-state index < -0.39 is 5.91 Å². The number of ether oxygens (including phenoxy) is 2. The maximum atomic E-state index is 13.0. The molecule has 0 aromatic carbocycles. The molecule has 1 saturated carbocycles. The zero-order valence-corrected chi connectivity index (χ0v) is 19.6. The molecule has 2 aliphatic heterocycles. The lowest BCUT2D eigenvalue weighted by Crippen LogP contribution is -2.66. The third kappa shape index (κ3) is 3.99. The van der Waals surface area contributed by atoms with Gasteiger partial charge in [-0.25, -0.2) is 4.52 Å². The number of nitrogens with two attached hydrogens (primary N) is 1. The molecule has 11 nitrogen and oxygen atoms in total. The molecule has 1 spiro atoms. The van der Waals surface area contributed by atoms with Gasteiger partial charge in [0.1, 0.15) is 11.7 Å². The van der Waals surface area contributed by atoms with E-state index in [0.29, 0.717) is 11.0 Å². The summed E-state index contributed by atoms with van der Waals surface area (Å²) in [5, 5.41) is 11.8. The lowest BCUT2D eigenvalue weighted by molar-refractivity contribution is -0.127. The van der Waals surface area contributed by atoms with E-state index in [2.05, 4.69) is 26.5 Å². The third-order valence-electron chi connectivity index (χ3n) is 7.33. The maximum absolute atomic E-state index is 13.0. The topological polar surface area (TPSA) is 129 Å². The molecule has 11 heteroatoms. The molecule has 0 bridgehead atoms. The van der Waals surface area contributed by atoms with Gasteiger partial charge in [-0.05, 0) is 37.8 Å². The first-order valence-electron chi connectivity index (χ1n) is 12.0. The van der Waals surface area contributed by atoms with Gasteiger partial charge in [-0.1, -0.05) is 0 Å². The summed E-state index contributed by atoms with van der Waals surface area (Å²) in [7, 11) is 1.72. The monoisotopic (exact) mass is 479 g/mol.